The number of benzene rings is 1. The highest BCUT2D eigenvalue weighted by atomic mass is 32.2. The number of imidazole rings is 1. The van der Waals surface area contributed by atoms with Crippen molar-refractivity contribution >= 4 is 27.8 Å². The Bertz CT molecular complexity index is 1080. The van der Waals surface area contributed by atoms with Crippen molar-refractivity contribution in [3.8, 4) is 11.5 Å². The van der Waals surface area contributed by atoms with Crippen LogP contribution in [-0.4, -0.2) is 32.2 Å². The van der Waals surface area contributed by atoms with E-state index < -0.39 is 10.8 Å². The Morgan fingerprint density at radius 2 is 2.03 bits per heavy atom. The van der Waals surface area contributed by atoms with Crippen LogP contribution in [0.3, 0.4) is 0 Å². The number of ether oxygens (including phenoxy) is 2. The van der Waals surface area contributed by atoms with Gasteiger partial charge in [0, 0.05) is 29.8 Å². The summed E-state index contributed by atoms with van der Waals surface area (Å²) >= 11 is 0. The normalized spacial score (nSPS) is 12.1. The lowest BCUT2D eigenvalue weighted by Gasteiger charge is -2.11. The standard InChI is InChI=1S/C22H27N3O4S/c1-5-6-7-8-20(26)29-16-9-10-17-18(11-16)25-22(24-17)30(27)13-19-15(3)21(28-4)14(2)12-23-19/h9-12H,5-8,13H2,1-4H3,(H,24,25). The molecular weight excluding hydrogens is 402 g/mol. The Hall–Kier alpha value is -2.74. The van der Waals surface area contributed by atoms with Crippen molar-refractivity contribution < 1.29 is 18.5 Å². The molecule has 1 N–H and O–H groups in total. The summed E-state index contributed by atoms with van der Waals surface area (Å²) in [5.41, 5.74) is 3.85. The monoisotopic (exact) mass is 429 g/mol. The summed E-state index contributed by atoms with van der Waals surface area (Å²) in [5.74, 6) is 1.18. The van der Waals surface area contributed by atoms with Crippen molar-refractivity contribution in [1.29, 1.82) is 0 Å². The average Bonchev–Trinajstić information content (AvgIpc) is 3.14. The van der Waals surface area contributed by atoms with Gasteiger partial charge in [0.25, 0.3) is 0 Å². The Kier molecular flexibility index (Phi) is 7.20. The van der Waals surface area contributed by atoms with Crippen LogP contribution in [0.15, 0.2) is 29.6 Å². The number of carbonyl (C=O) groups is 1. The van der Waals surface area contributed by atoms with Crippen molar-refractivity contribution in [3.63, 3.8) is 0 Å². The molecule has 0 radical (unpaired) electrons. The Morgan fingerprint density at radius 1 is 1.23 bits per heavy atom. The number of aryl methyl sites for hydroxylation is 1. The molecule has 0 bridgehead atoms. The first-order chi connectivity index (χ1) is 14.4. The number of carbonyl (C=O) groups excluding carboxylic acids is 1. The first-order valence-electron chi connectivity index (χ1n) is 10.0. The van der Waals surface area contributed by atoms with E-state index >= 15 is 0 Å². The molecule has 1 unspecified atom stereocenters. The van der Waals surface area contributed by atoms with Crippen molar-refractivity contribution in [3.05, 3.63) is 41.2 Å². The summed E-state index contributed by atoms with van der Waals surface area (Å²) in [6.07, 6.45) is 5.00. The summed E-state index contributed by atoms with van der Waals surface area (Å²) in [6.45, 7) is 5.92. The van der Waals surface area contributed by atoms with Crippen LogP contribution >= 0.6 is 0 Å². The minimum Gasteiger partial charge on any atom is -0.496 e. The van der Waals surface area contributed by atoms with Gasteiger partial charge in [0.15, 0.2) is 5.16 Å². The molecule has 0 saturated heterocycles. The molecule has 8 heteroatoms. The van der Waals surface area contributed by atoms with Crippen molar-refractivity contribution in [2.45, 2.75) is 57.4 Å². The molecule has 1 atom stereocenters. The number of pyridine rings is 1. The fourth-order valence-electron chi connectivity index (χ4n) is 3.25. The molecule has 160 valence electrons. The van der Waals surface area contributed by atoms with Crippen LogP contribution in [0.25, 0.3) is 11.0 Å². The maximum Gasteiger partial charge on any atom is 0.311 e. The number of hydrogen-bond acceptors (Lipinski definition) is 6. The number of esters is 1. The van der Waals surface area contributed by atoms with Crippen LogP contribution < -0.4 is 9.47 Å². The van der Waals surface area contributed by atoms with Gasteiger partial charge in [-0.25, -0.2) is 4.98 Å². The SMILES string of the molecule is CCCCCC(=O)Oc1ccc2nc(S(=O)Cc3ncc(C)c(OC)c3C)[nH]c2c1. The summed E-state index contributed by atoms with van der Waals surface area (Å²) in [4.78, 5) is 23.8. The van der Waals surface area contributed by atoms with Gasteiger partial charge < -0.3 is 14.5 Å². The largest absolute Gasteiger partial charge is 0.496 e. The molecule has 7 nitrogen and oxygen atoms in total. The van der Waals surface area contributed by atoms with Gasteiger partial charge in [0.2, 0.25) is 0 Å². The summed E-state index contributed by atoms with van der Waals surface area (Å²) < 4.78 is 23.7. The van der Waals surface area contributed by atoms with Crippen LogP contribution in [0, 0.1) is 13.8 Å². The van der Waals surface area contributed by atoms with Crippen LogP contribution in [0.1, 0.15) is 49.4 Å². The fourth-order valence-corrected chi connectivity index (χ4v) is 4.35. The van der Waals surface area contributed by atoms with E-state index in [-0.39, 0.29) is 11.7 Å². The zero-order chi connectivity index (χ0) is 21.7. The van der Waals surface area contributed by atoms with Gasteiger partial charge in [-0.3, -0.25) is 14.0 Å². The third-order valence-electron chi connectivity index (χ3n) is 4.88. The molecule has 0 aliphatic heterocycles. The molecule has 0 aliphatic carbocycles. The maximum absolute atomic E-state index is 12.9. The molecule has 1 aromatic carbocycles. The molecule has 2 aromatic heterocycles. The first kappa shape index (κ1) is 22.0. The van der Waals surface area contributed by atoms with Gasteiger partial charge in [-0.05, 0) is 32.4 Å². The smallest absolute Gasteiger partial charge is 0.311 e. The van der Waals surface area contributed by atoms with Gasteiger partial charge in [0.1, 0.15) is 11.5 Å². The van der Waals surface area contributed by atoms with Gasteiger partial charge in [-0.1, -0.05) is 19.8 Å². The van der Waals surface area contributed by atoms with Crippen molar-refractivity contribution in [1.82, 2.24) is 15.0 Å². The van der Waals surface area contributed by atoms with Gasteiger partial charge in [-0.15, -0.1) is 0 Å². The number of unbranched alkanes of at least 4 members (excludes halogenated alkanes) is 2. The van der Waals surface area contributed by atoms with Gasteiger partial charge in [-0.2, -0.15) is 0 Å². The number of fused-ring (bicyclic) bond motifs is 1. The van der Waals surface area contributed by atoms with Crippen LogP contribution in [0.2, 0.25) is 0 Å². The number of nitrogens with zero attached hydrogens (tertiary/aromatic N) is 2. The lowest BCUT2D eigenvalue weighted by Crippen LogP contribution is -2.07. The predicted molar refractivity (Wildman–Crippen MR) is 116 cm³/mol. The number of nitrogens with one attached hydrogen (secondary N) is 1. The number of aromatic amines is 1. The highest BCUT2D eigenvalue weighted by Crippen LogP contribution is 2.26. The van der Waals surface area contributed by atoms with Crippen molar-refractivity contribution in [2.75, 3.05) is 7.11 Å². The van der Waals surface area contributed by atoms with Crippen molar-refractivity contribution in [2.24, 2.45) is 0 Å². The summed E-state index contributed by atoms with van der Waals surface area (Å²) in [6, 6.07) is 5.16. The summed E-state index contributed by atoms with van der Waals surface area (Å²) in [5, 5.41) is 0.358. The molecular formula is C22H27N3O4S. The summed E-state index contributed by atoms with van der Waals surface area (Å²) in [7, 11) is 0.205. The molecule has 30 heavy (non-hydrogen) atoms. The zero-order valence-electron chi connectivity index (χ0n) is 17.8. The van der Waals surface area contributed by atoms with E-state index in [4.69, 9.17) is 9.47 Å². The third-order valence-corrected chi connectivity index (χ3v) is 6.04. The highest BCUT2D eigenvalue weighted by Gasteiger charge is 2.16. The Balaban J connectivity index is 1.74. The van der Waals surface area contributed by atoms with Gasteiger partial charge >= 0.3 is 5.97 Å². The molecule has 0 aliphatic rings. The topological polar surface area (TPSA) is 94.2 Å². The Labute approximate surface area is 178 Å². The van der Waals surface area contributed by atoms with E-state index in [0.29, 0.717) is 34.1 Å². The van der Waals surface area contributed by atoms with E-state index in [1.165, 1.54) is 0 Å². The lowest BCUT2D eigenvalue weighted by molar-refractivity contribution is -0.134. The maximum atomic E-state index is 12.9. The van der Waals surface area contributed by atoms with E-state index in [2.05, 4.69) is 21.9 Å². The molecule has 0 amide bonds. The second-order valence-electron chi connectivity index (χ2n) is 7.19. The second kappa shape index (κ2) is 9.84. The first-order valence-corrected chi connectivity index (χ1v) is 11.3. The van der Waals surface area contributed by atoms with Crippen LogP contribution in [0.5, 0.6) is 11.5 Å². The zero-order valence-corrected chi connectivity index (χ0v) is 18.6. The minimum atomic E-state index is -1.41. The third kappa shape index (κ3) is 5.05. The molecule has 0 fully saturated rings. The average molecular weight is 430 g/mol. The number of methoxy groups -OCH3 is 1. The minimum absolute atomic E-state index is 0.224. The molecule has 0 saturated carbocycles. The number of hydrogen-bond donors (Lipinski definition) is 1. The fraction of sp³-hybridized carbons (Fsp3) is 0.409. The Morgan fingerprint density at radius 3 is 2.77 bits per heavy atom. The van der Waals surface area contributed by atoms with Crippen LogP contribution in [-0.2, 0) is 21.3 Å². The quantitative estimate of drug-likeness (QED) is 0.308. The highest BCUT2D eigenvalue weighted by molar-refractivity contribution is 7.84. The predicted octanol–water partition coefficient (Wildman–Crippen LogP) is 4.38. The molecule has 3 aromatic rings. The van der Waals surface area contributed by atoms with E-state index in [9.17, 15) is 9.00 Å². The lowest BCUT2D eigenvalue weighted by atomic mass is 10.1. The number of rotatable bonds is 9. The van der Waals surface area contributed by atoms with E-state index in [0.717, 1.165) is 36.1 Å². The van der Waals surface area contributed by atoms with Gasteiger partial charge in [0.05, 0.1) is 40.4 Å². The molecule has 0 spiro atoms. The molecule has 3 rings (SSSR count). The van der Waals surface area contributed by atoms with Crippen LogP contribution in [0.4, 0.5) is 0 Å². The second-order valence-corrected chi connectivity index (χ2v) is 8.55. The molecule has 2 heterocycles. The van der Waals surface area contributed by atoms with E-state index in [1.54, 1.807) is 31.5 Å². The number of H-pyrrole nitrogens is 1. The number of aromatic nitrogens is 3. The van der Waals surface area contributed by atoms with E-state index in [1.807, 2.05) is 13.8 Å².